The molecule has 2 aliphatic heterocycles. The van der Waals surface area contributed by atoms with Crippen molar-refractivity contribution in [3.8, 4) is 5.75 Å². The number of amidine groups is 1. The van der Waals surface area contributed by atoms with Crippen LogP contribution in [-0.2, 0) is 4.79 Å². The van der Waals surface area contributed by atoms with Crippen molar-refractivity contribution >= 4 is 44.8 Å². The molecule has 3 rings (SSSR count). The number of thioether (sulfide) groups is 1. The molecule has 1 amide bonds. The number of amides is 1. The van der Waals surface area contributed by atoms with Crippen LogP contribution in [-0.4, -0.2) is 61.2 Å². The van der Waals surface area contributed by atoms with E-state index in [9.17, 15) is 4.79 Å². The highest BCUT2D eigenvalue weighted by atomic mass is 79.9. The van der Waals surface area contributed by atoms with Crippen LogP contribution in [0.4, 0.5) is 0 Å². The Morgan fingerprint density at radius 3 is 2.74 bits per heavy atom. The van der Waals surface area contributed by atoms with Crippen molar-refractivity contribution in [2.45, 2.75) is 0 Å². The molecule has 0 aromatic heterocycles. The van der Waals surface area contributed by atoms with E-state index in [1.54, 1.807) is 7.11 Å². The average molecular weight is 396 g/mol. The van der Waals surface area contributed by atoms with Crippen LogP contribution in [0.5, 0.6) is 5.75 Å². The minimum Gasteiger partial charge on any atom is -0.496 e. The van der Waals surface area contributed by atoms with Gasteiger partial charge >= 0.3 is 0 Å². The second-order valence-corrected chi connectivity index (χ2v) is 7.41. The first-order chi connectivity index (χ1) is 11.1. The third-order valence-electron chi connectivity index (χ3n) is 3.86. The van der Waals surface area contributed by atoms with E-state index in [4.69, 9.17) is 4.74 Å². The van der Waals surface area contributed by atoms with E-state index in [2.05, 4.69) is 37.8 Å². The van der Waals surface area contributed by atoms with E-state index in [1.165, 1.54) is 11.8 Å². The lowest BCUT2D eigenvalue weighted by atomic mass is 10.2. The Morgan fingerprint density at radius 1 is 1.30 bits per heavy atom. The lowest BCUT2D eigenvalue weighted by Gasteiger charge is -2.32. The van der Waals surface area contributed by atoms with Gasteiger partial charge in [0, 0.05) is 36.2 Å². The summed E-state index contributed by atoms with van der Waals surface area (Å²) in [6.07, 6.45) is 1.85. The van der Waals surface area contributed by atoms with Crippen molar-refractivity contribution in [1.29, 1.82) is 0 Å². The molecule has 7 heteroatoms. The average Bonchev–Trinajstić information content (AvgIpc) is 2.89. The first-order valence-corrected chi connectivity index (χ1v) is 8.97. The largest absolute Gasteiger partial charge is 0.496 e. The molecule has 0 saturated carbocycles. The molecule has 0 bridgehead atoms. The number of hydrogen-bond acceptors (Lipinski definition) is 5. The maximum Gasteiger partial charge on any atom is 0.286 e. The fourth-order valence-corrected chi connectivity index (χ4v) is 3.82. The van der Waals surface area contributed by atoms with Crippen molar-refractivity contribution in [3.63, 3.8) is 0 Å². The molecule has 0 atom stereocenters. The normalized spacial score (nSPS) is 21.0. The molecule has 1 aromatic rings. The molecule has 0 aliphatic carbocycles. The fourth-order valence-electron chi connectivity index (χ4n) is 2.49. The highest BCUT2D eigenvalue weighted by molar-refractivity contribution is 9.10. The molecule has 0 radical (unpaired) electrons. The Balaban J connectivity index is 1.78. The maximum atomic E-state index is 12.2. The SMILES string of the molecule is COc1ccc(Br)cc1/C=C1\SC(N2CCN(C)CC2)=NC1=O. The smallest absolute Gasteiger partial charge is 0.286 e. The molecular formula is C16H18BrN3O2S. The summed E-state index contributed by atoms with van der Waals surface area (Å²) in [6.45, 7) is 3.80. The van der Waals surface area contributed by atoms with Crippen molar-refractivity contribution in [2.75, 3.05) is 40.3 Å². The molecule has 1 fully saturated rings. The summed E-state index contributed by atoms with van der Waals surface area (Å²) in [5.41, 5.74) is 0.868. The molecule has 5 nitrogen and oxygen atoms in total. The predicted octanol–water partition coefficient (Wildman–Crippen LogP) is 2.68. The van der Waals surface area contributed by atoms with Gasteiger partial charge in [-0.3, -0.25) is 4.79 Å². The van der Waals surface area contributed by atoms with Crippen molar-refractivity contribution < 1.29 is 9.53 Å². The topological polar surface area (TPSA) is 45.1 Å². The van der Waals surface area contributed by atoms with Crippen LogP contribution in [0.15, 0.2) is 32.6 Å². The number of ether oxygens (including phenoxy) is 1. The van der Waals surface area contributed by atoms with Crippen LogP contribution in [0.2, 0.25) is 0 Å². The number of methoxy groups -OCH3 is 1. The lowest BCUT2D eigenvalue weighted by molar-refractivity contribution is -0.113. The van der Waals surface area contributed by atoms with Crippen LogP contribution in [0.1, 0.15) is 5.56 Å². The van der Waals surface area contributed by atoms with Gasteiger partial charge in [0.15, 0.2) is 5.17 Å². The number of hydrogen-bond donors (Lipinski definition) is 0. The molecule has 122 valence electrons. The van der Waals surface area contributed by atoms with Crippen LogP contribution >= 0.6 is 27.7 Å². The zero-order valence-electron chi connectivity index (χ0n) is 13.1. The Labute approximate surface area is 148 Å². The van der Waals surface area contributed by atoms with Crippen LogP contribution < -0.4 is 4.74 Å². The molecule has 2 heterocycles. The van der Waals surface area contributed by atoms with Gasteiger partial charge in [0.1, 0.15) is 5.75 Å². The lowest BCUT2D eigenvalue weighted by Crippen LogP contribution is -2.46. The van der Waals surface area contributed by atoms with Crippen molar-refractivity contribution in [2.24, 2.45) is 4.99 Å². The highest BCUT2D eigenvalue weighted by Crippen LogP contribution is 2.33. The number of benzene rings is 1. The number of rotatable bonds is 2. The van der Waals surface area contributed by atoms with Crippen LogP contribution in [0.25, 0.3) is 6.08 Å². The van der Waals surface area contributed by atoms with Gasteiger partial charge in [0.25, 0.3) is 5.91 Å². The van der Waals surface area contributed by atoms with E-state index < -0.39 is 0 Å². The third-order valence-corrected chi connectivity index (χ3v) is 5.40. The zero-order valence-corrected chi connectivity index (χ0v) is 15.5. The van der Waals surface area contributed by atoms with E-state index in [-0.39, 0.29) is 5.91 Å². The number of nitrogens with zero attached hydrogens (tertiary/aromatic N) is 3. The molecule has 2 aliphatic rings. The van der Waals surface area contributed by atoms with Gasteiger partial charge in [-0.1, -0.05) is 15.9 Å². The van der Waals surface area contributed by atoms with Gasteiger partial charge in [-0.25, -0.2) is 0 Å². The molecular weight excluding hydrogens is 378 g/mol. The first kappa shape index (κ1) is 16.5. The zero-order chi connectivity index (χ0) is 16.4. The quantitative estimate of drug-likeness (QED) is 0.720. The number of aliphatic imine (C=N–C) groups is 1. The summed E-state index contributed by atoms with van der Waals surface area (Å²) >= 11 is 4.90. The van der Waals surface area contributed by atoms with Gasteiger partial charge in [-0.05, 0) is 43.1 Å². The number of likely N-dealkylation sites (N-methyl/N-ethyl adjacent to an activating group) is 1. The molecule has 1 saturated heterocycles. The van der Waals surface area contributed by atoms with E-state index in [0.717, 1.165) is 47.1 Å². The van der Waals surface area contributed by atoms with E-state index in [0.29, 0.717) is 4.91 Å². The summed E-state index contributed by atoms with van der Waals surface area (Å²) in [4.78, 5) is 21.5. The predicted molar refractivity (Wildman–Crippen MR) is 97.8 cm³/mol. The van der Waals surface area contributed by atoms with E-state index >= 15 is 0 Å². The Hall–Kier alpha value is -1.31. The van der Waals surface area contributed by atoms with Gasteiger partial charge in [-0.2, -0.15) is 4.99 Å². The minimum atomic E-state index is -0.175. The van der Waals surface area contributed by atoms with Gasteiger partial charge in [0.05, 0.1) is 12.0 Å². The molecule has 1 aromatic carbocycles. The maximum absolute atomic E-state index is 12.2. The summed E-state index contributed by atoms with van der Waals surface area (Å²) in [5.74, 6) is 0.563. The molecule has 0 N–H and O–H groups in total. The summed E-state index contributed by atoms with van der Waals surface area (Å²) in [5, 5.41) is 0.809. The van der Waals surface area contributed by atoms with E-state index in [1.807, 2.05) is 24.3 Å². The van der Waals surface area contributed by atoms with Gasteiger partial charge < -0.3 is 14.5 Å². The number of halogens is 1. The Morgan fingerprint density at radius 2 is 2.04 bits per heavy atom. The second kappa shape index (κ2) is 7.07. The van der Waals surface area contributed by atoms with Crippen molar-refractivity contribution in [1.82, 2.24) is 9.80 Å². The molecule has 0 unspecified atom stereocenters. The summed E-state index contributed by atoms with van der Waals surface area (Å²) in [6, 6.07) is 5.73. The monoisotopic (exact) mass is 395 g/mol. The van der Waals surface area contributed by atoms with Crippen LogP contribution in [0.3, 0.4) is 0 Å². The number of carbonyl (C=O) groups excluding carboxylic acids is 1. The first-order valence-electron chi connectivity index (χ1n) is 7.36. The summed E-state index contributed by atoms with van der Waals surface area (Å²) in [7, 11) is 3.73. The van der Waals surface area contributed by atoms with Gasteiger partial charge in [0.2, 0.25) is 0 Å². The van der Waals surface area contributed by atoms with Crippen molar-refractivity contribution in [3.05, 3.63) is 33.1 Å². The minimum absolute atomic E-state index is 0.175. The fraction of sp³-hybridized carbons (Fsp3) is 0.375. The number of piperazine rings is 1. The molecule has 0 spiro atoms. The summed E-state index contributed by atoms with van der Waals surface area (Å²) < 4.78 is 6.31. The molecule has 23 heavy (non-hydrogen) atoms. The highest BCUT2D eigenvalue weighted by Gasteiger charge is 2.28. The number of carbonyl (C=O) groups is 1. The van der Waals surface area contributed by atoms with Gasteiger partial charge in [-0.15, -0.1) is 0 Å². The Bertz CT molecular complexity index is 682. The Kier molecular flexibility index (Phi) is 5.08. The van der Waals surface area contributed by atoms with Crippen LogP contribution in [0, 0.1) is 0 Å². The second-order valence-electron chi connectivity index (χ2n) is 5.49. The third kappa shape index (κ3) is 3.79. The standard InChI is InChI=1S/C16H18BrN3O2S/c1-19-5-7-20(8-6-19)16-18-15(21)14(23-16)10-11-9-12(17)3-4-13(11)22-2/h3-4,9-10H,5-8H2,1-2H3/b14-10-.